The van der Waals surface area contributed by atoms with Crippen molar-refractivity contribution in [2.24, 2.45) is 0 Å². The molecule has 2 amide bonds. The standard InChI is InChI=1S/C14H17Cl2N3O2/c1-17-9-13(20)18-2-4-19(5-3-18)14(21)10-6-11(15)8-12(16)7-10/h6-8,17H,2-5,9H2,1H3. The van der Waals surface area contributed by atoms with Crippen molar-refractivity contribution in [3.8, 4) is 0 Å². The molecule has 2 rings (SSSR count). The number of amides is 2. The molecule has 0 unspecified atom stereocenters. The number of nitrogens with one attached hydrogen (secondary N) is 1. The lowest BCUT2D eigenvalue weighted by Crippen LogP contribution is -2.52. The SMILES string of the molecule is CNCC(=O)N1CCN(C(=O)c2cc(Cl)cc(Cl)c2)CC1. The number of carbonyl (C=O) groups excluding carboxylic acids is 2. The number of carbonyl (C=O) groups is 2. The van der Waals surface area contributed by atoms with Crippen molar-refractivity contribution >= 4 is 35.0 Å². The Balaban J connectivity index is 1.98. The van der Waals surface area contributed by atoms with Crippen molar-refractivity contribution < 1.29 is 9.59 Å². The Hall–Kier alpha value is -1.30. The predicted octanol–water partition coefficient (Wildman–Crippen LogP) is 1.50. The van der Waals surface area contributed by atoms with Crippen LogP contribution in [0, 0.1) is 0 Å². The molecule has 1 N–H and O–H groups in total. The van der Waals surface area contributed by atoms with Crippen LogP contribution in [-0.4, -0.2) is 61.4 Å². The molecule has 0 bridgehead atoms. The van der Waals surface area contributed by atoms with Crippen LogP contribution >= 0.6 is 23.2 Å². The summed E-state index contributed by atoms with van der Waals surface area (Å²) in [4.78, 5) is 27.6. The summed E-state index contributed by atoms with van der Waals surface area (Å²) in [5.74, 6) is -0.0597. The maximum Gasteiger partial charge on any atom is 0.254 e. The minimum Gasteiger partial charge on any atom is -0.338 e. The summed E-state index contributed by atoms with van der Waals surface area (Å²) in [6.07, 6.45) is 0. The van der Waals surface area contributed by atoms with Crippen molar-refractivity contribution in [3.05, 3.63) is 33.8 Å². The van der Waals surface area contributed by atoms with Gasteiger partial charge in [0.1, 0.15) is 0 Å². The lowest BCUT2D eigenvalue weighted by Gasteiger charge is -2.34. The van der Waals surface area contributed by atoms with Gasteiger partial charge in [-0.2, -0.15) is 0 Å². The molecule has 7 heteroatoms. The third-order valence-corrected chi connectivity index (χ3v) is 3.79. The Morgan fingerprint density at radius 3 is 2.10 bits per heavy atom. The summed E-state index contributed by atoms with van der Waals surface area (Å²) in [6, 6.07) is 4.80. The Labute approximate surface area is 133 Å². The van der Waals surface area contributed by atoms with E-state index in [-0.39, 0.29) is 11.8 Å². The molecular formula is C14H17Cl2N3O2. The van der Waals surface area contributed by atoms with Gasteiger partial charge in [-0.25, -0.2) is 0 Å². The van der Waals surface area contributed by atoms with E-state index in [1.807, 2.05) is 0 Å². The number of benzene rings is 1. The molecule has 0 aliphatic carbocycles. The zero-order valence-electron chi connectivity index (χ0n) is 11.7. The van der Waals surface area contributed by atoms with Crippen LogP contribution in [0.2, 0.25) is 10.0 Å². The smallest absolute Gasteiger partial charge is 0.254 e. The van der Waals surface area contributed by atoms with Gasteiger partial charge in [0, 0.05) is 41.8 Å². The van der Waals surface area contributed by atoms with Crippen LogP contribution in [0.15, 0.2) is 18.2 Å². The highest BCUT2D eigenvalue weighted by atomic mass is 35.5. The normalized spacial score (nSPS) is 15.2. The maximum atomic E-state index is 12.4. The molecule has 0 saturated carbocycles. The number of rotatable bonds is 3. The second kappa shape index (κ2) is 7.11. The van der Waals surface area contributed by atoms with Crippen molar-refractivity contribution in [1.29, 1.82) is 0 Å². The molecule has 0 aromatic heterocycles. The van der Waals surface area contributed by atoms with Gasteiger partial charge in [-0.15, -0.1) is 0 Å². The largest absolute Gasteiger partial charge is 0.338 e. The van der Waals surface area contributed by atoms with Crippen LogP contribution in [0.3, 0.4) is 0 Å². The molecule has 5 nitrogen and oxygen atoms in total. The van der Waals surface area contributed by atoms with E-state index in [2.05, 4.69) is 5.32 Å². The van der Waals surface area contributed by atoms with E-state index in [1.165, 1.54) is 0 Å². The fourth-order valence-corrected chi connectivity index (χ4v) is 2.81. The van der Waals surface area contributed by atoms with E-state index in [1.54, 1.807) is 35.0 Å². The van der Waals surface area contributed by atoms with Gasteiger partial charge in [-0.05, 0) is 25.2 Å². The van der Waals surface area contributed by atoms with Gasteiger partial charge < -0.3 is 15.1 Å². The highest BCUT2D eigenvalue weighted by Crippen LogP contribution is 2.20. The van der Waals surface area contributed by atoms with E-state index in [0.29, 0.717) is 48.3 Å². The van der Waals surface area contributed by atoms with E-state index < -0.39 is 0 Å². The first-order valence-electron chi connectivity index (χ1n) is 6.69. The van der Waals surface area contributed by atoms with Crippen molar-refractivity contribution in [3.63, 3.8) is 0 Å². The highest BCUT2D eigenvalue weighted by Gasteiger charge is 2.24. The van der Waals surface area contributed by atoms with Gasteiger partial charge in [0.15, 0.2) is 0 Å². The van der Waals surface area contributed by atoms with Crippen LogP contribution in [0.5, 0.6) is 0 Å². The zero-order chi connectivity index (χ0) is 15.4. The van der Waals surface area contributed by atoms with Crippen molar-refractivity contribution in [1.82, 2.24) is 15.1 Å². The van der Waals surface area contributed by atoms with Gasteiger partial charge in [0.05, 0.1) is 6.54 Å². The molecule has 21 heavy (non-hydrogen) atoms. The first-order valence-corrected chi connectivity index (χ1v) is 7.44. The van der Waals surface area contributed by atoms with Gasteiger partial charge in [0.25, 0.3) is 5.91 Å². The Kier molecular flexibility index (Phi) is 5.45. The predicted molar refractivity (Wildman–Crippen MR) is 82.9 cm³/mol. The fraction of sp³-hybridized carbons (Fsp3) is 0.429. The molecule has 1 saturated heterocycles. The summed E-state index contributed by atoms with van der Waals surface area (Å²) in [5.41, 5.74) is 0.475. The second-order valence-corrected chi connectivity index (χ2v) is 5.73. The second-order valence-electron chi connectivity index (χ2n) is 4.86. The quantitative estimate of drug-likeness (QED) is 0.914. The number of piperazine rings is 1. The number of nitrogens with zero attached hydrogens (tertiary/aromatic N) is 2. The van der Waals surface area contributed by atoms with E-state index in [0.717, 1.165) is 0 Å². The molecule has 0 radical (unpaired) electrons. The van der Waals surface area contributed by atoms with Crippen LogP contribution in [0.4, 0.5) is 0 Å². The lowest BCUT2D eigenvalue weighted by atomic mass is 10.2. The first-order chi connectivity index (χ1) is 10.0. The number of halogens is 2. The summed E-state index contributed by atoms with van der Waals surface area (Å²) in [7, 11) is 1.74. The molecule has 1 aliphatic rings. The number of hydrogen-bond donors (Lipinski definition) is 1. The summed E-state index contributed by atoms with van der Waals surface area (Å²) in [6.45, 7) is 2.43. The van der Waals surface area contributed by atoms with Gasteiger partial charge in [-0.1, -0.05) is 23.2 Å². The Morgan fingerprint density at radius 1 is 1.05 bits per heavy atom. The number of likely N-dealkylation sites (N-methyl/N-ethyl adjacent to an activating group) is 1. The monoisotopic (exact) mass is 329 g/mol. The molecule has 1 aromatic carbocycles. The minimum atomic E-state index is -0.111. The van der Waals surface area contributed by atoms with Gasteiger partial charge >= 0.3 is 0 Å². The van der Waals surface area contributed by atoms with Crippen LogP contribution in [0.1, 0.15) is 10.4 Å². The van der Waals surface area contributed by atoms with Crippen molar-refractivity contribution in [2.45, 2.75) is 0 Å². The molecule has 1 aromatic rings. The zero-order valence-corrected chi connectivity index (χ0v) is 13.2. The van der Waals surface area contributed by atoms with Crippen LogP contribution in [-0.2, 0) is 4.79 Å². The topological polar surface area (TPSA) is 52.7 Å². The molecule has 1 aliphatic heterocycles. The molecule has 114 valence electrons. The average molecular weight is 330 g/mol. The van der Waals surface area contributed by atoms with Crippen LogP contribution in [0.25, 0.3) is 0 Å². The highest BCUT2D eigenvalue weighted by molar-refractivity contribution is 6.35. The molecule has 0 atom stereocenters. The maximum absolute atomic E-state index is 12.4. The van der Waals surface area contributed by atoms with Crippen molar-refractivity contribution in [2.75, 3.05) is 39.8 Å². The number of hydrogen-bond acceptors (Lipinski definition) is 3. The Morgan fingerprint density at radius 2 is 1.57 bits per heavy atom. The summed E-state index contributed by atoms with van der Waals surface area (Å²) in [5, 5.41) is 3.71. The Bertz CT molecular complexity index is 523. The molecule has 1 heterocycles. The average Bonchev–Trinajstić information content (AvgIpc) is 2.46. The van der Waals surface area contributed by atoms with E-state index >= 15 is 0 Å². The van der Waals surface area contributed by atoms with E-state index in [4.69, 9.17) is 23.2 Å². The minimum absolute atomic E-state index is 0.0513. The lowest BCUT2D eigenvalue weighted by molar-refractivity contribution is -0.131. The molecule has 1 fully saturated rings. The van der Waals surface area contributed by atoms with E-state index in [9.17, 15) is 9.59 Å². The van der Waals surface area contributed by atoms with Crippen LogP contribution < -0.4 is 5.32 Å². The van der Waals surface area contributed by atoms with Gasteiger partial charge in [0.2, 0.25) is 5.91 Å². The molecule has 0 spiro atoms. The third-order valence-electron chi connectivity index (χ3n) is 3.36. The molecular weight excluding hydrogens is 313 g/mol. The fourth-order valence-electron chi connectivity index (χ4n) is 2.28. The summed E-state index contributed by atoms with van der Waals surface area (Å²) < 4.78 is 0. The van der Waals surface area contributed by atoms with Gasteiger partial charge in [-0.3, -0.25) is 9.59 Å². The third kappa shape index (κ3) is 4.09. The summed E-state index contributed by atoms with van der Waals surface area (Å²) >= 11 is 11.8. The first kappa shape index (κ1) is 16.1.